The normalized spacial score (nSPS) is 11.1. The van der Waals surface area contributed by atoms with Crippen molar-refractivity contribution < 1.29 is 13.9 Å². The maximum atomic E-state index is 11.6. The SMILES string of the molecule is NCc1nnc(SCc2cc(=O)oc3cc(O)ccc23)o1. The van der Waals surface area contributed by atoms with Gasteiger partial charge >= 0.3 is 5.63 Å². The van der Waals surface area contributed by atoms with Crippen LogP contribution in [-0.4, -0.2) is 15.3 Å². The van der Waals surface area contributed by atoms with Gasteiger partial charge in [0.25, 0.3) is 5.22 Å². The number of fused-ring (bicyclic) bond motifs is 1. The Hall–Kier alpha value is -2.32. The lowest BCUT2D eigenvalue weighted by atomic mass is 10.1. The third-order valence-electron chi connectivity index (χ3n) is 2.79. The van der Waals surface area contributed by atoms with E-state index in [1.165, 1.54) is 30.0 Å². The van der Waals surface area contributed by atoms with Crippen LogP contribution in [0.1, 0.15) is 11.5 Å². The number of thioether (sulfide) groups is 1. The number of aromatic hydroxyl groups is 1. The second-order valence-electron chi connectivity index (χ2n) is 4.23. The van der Waals surface area contributed by atoms with E-state index < -0.39 is 5.63 Å². The van der Waals surface area contributed by atoms with E-state index in [0.29, 0.717) is 22.4 Å². The van der Waals surface area contributed by atoms with Crippen LogP contribution in [0.15, 0.2) is 43.1 Å². The fourth-order valence-electron chi connectivity index (χ4n) is 1.86. The maximum Gasteiger partial charge on any atom is 0.336 e. The van der Waals surface area contributed by atoms with Crippen LogP contribution in [-0.2, 0) is 12.3 Å². The number of phenolic OH excluding ortho intramolecular Hbond substituents is 1. The minimum atomic E-state index is -0.475. The topological polar surface area (TPSA) is 115 Å². The second-order valence-corrected chi connectivity index (χ2v) is 5.15. The molecule has 0 radical (unpaired) electrons. The fourth-order valence-corrected chi connectivity index (χ4v) is 2.63. The van der Waals surface area contributed by atoms with Crippen molar-refractivity contribution in [3.63, 3.8) is 0 Å². The molecule has 0 amide bonds. The second kappa shape index (κ2) is 5.58. The quantitative estimate of drug-likeness (QED) is 0.552. The molecular formula is C13H11N3O4S. The molecule has 0 fully saturated rings. The summed E-state index contributed by atoms with van der Waals surface area (Å²) in [5, 5.41) is 18.2. The van der Waals surface area contributed by atoms with E-state index in [1.54, 1.807) is 6.07 Å². The molecule has 108 valence electrons. The summed E-state index contributed by atoms with van der Waals surface area (Å²) in [6.07, 6.45) is 0. The van der Waals surface area contributed by atoms with Gasteiger partial charge in [-0.1, -0.05) is 11.8 Å². The summed E-state index contributed by atoms with van der Waals surface area (Å²) in [6, 6.07) is 6.05. The van der Waals surface area contributed by atoms with Crippen LogP contribution in [0.3, 0.4) is 0 Å². The van der Waals surface area contributed by atoms with Crippen LogP contribution >= 0.6 is 11.8 Å². The van der Waals surface area contributed by atoms with Gasteiger partial charge in [0, 0.05) is 23.3 Å². The summed E-state index contributed by atoms with van der Waals surface area (Å²) in [5.74, 6) is 0.860. The average molecular weight is 305 g/mol. The Bertz CT molecular complexity index is 843. The zero-order valence-corrected chi connectivity index (χ0v) is 11.6. The number of hydrogen-bond donors (Lipinski definition) is 2. The van der Waals surface area contributed by atoms with Gasteiger partial charge in [0.1, 0.15) is 11.3 Å². The lowest BCUT2D eigenvalue weighted by molar-refractivity contribution is 0.414. The van der Waals surface area contributed by atoms with Crippen LogP contribution < -0.4 is 11.4 Å². The minimum Gasteiger partial charge on any atom is -0.508 e. The van der Waals surface area contributed by atoms with Gasteiger partial charge in [-0.15, -0.1) is 10.2 Å². The van der Waals surface area contributed by atoms with E-state index in [9.17, 15) is 9.90 Å². The molecule has 2 aromatic heterocycles. The van der Waals surface area contributed by atoms with Crippen molar-refractivity contribution in [3.8, 4) is 5.75 Å². The molecule has 21 heavy (non-hydrogen) atoms. The van der Waals surface area contributed by atoms with E-state index >= 15 is 0 Å². The summed E-state index contributed by atoms with van der Waals surface area (Å²) in [4.78, 5) is 11.6. The van der Waals surface area contributed by atoms with Crippen LogP contribution in [0.5, 0.6) is 5.75 Å². The van der Waals surface area contributed by atoms with Crippen LogP contribution in [0.25, 0.3) is 11.0 Å². The standard InChI is InChI=1S/C13H11N3O4S/c14-5-11-15-16-13(20-11)21-6-7-3-12(18)19-10-4-8(17)1-2-9(7)10/h1-4,17H,5-6,14H2. The molecule has 0 bridgehead atoms. The van der Waals surface area contributed by atoms with Gasteiger partial charge in [-0.2, -0.15) is 0 Å². The summed E-state index contributed by atoms with van der Waals surface area (Å²) in [5.41, 5.74) is 6.02. The molecule has 0 atom stereocenters. The van der Waals surface area contributed by atoms with E-state index in [-0.39, 0.29) is 12.3 Å². The number of rotatable bonds is 4. The lowest BCUT2D eigenvalue weighted by Gasteiger charge is -2.03. The van der Waals surface area contributed by atoms with Gasteiger partial charge in [-0.25, -0.2) is 4.79 Å². The largest absolute Gasteiger partial charge is 0.508 e. The molecule has 0 aliphatic heterocycles. The molecular weight excluding hydrogens is 294 g/mol. The molecule has 0 aliphatic rings. The van der Waals surface area contributed by atoms with Crippen molar-refractivity contribution in [2.24, 2.45) is 5.73 Å². The molecule has 0 saturated carbocycles. The predicted molar refractivity (Wildman–Crippen MR) is 75.9 cm³/mol. The van der Waals surface area contributed by atoms with Gasteiger partial charge < -0.3 is 19.7 Å². The Balaban J connectivity index is 1.91. The number of nitrogens with two attached hydrogens (primary N) is 1. The highest BCUT2D eigenvalue weighted by atomic mass is 32.2. The molecule has 2 heterocycles. The van der Waals surface area contributed by atoms with Gasteiger partial charge in [0.2, 0.25) is 5.89 Å². The van der Waals surface area contributed by atoms with E-state index in [1.807, 2.05) is 0 Å². The van der Waals surface area contributed by atoms with Crippen molar-refractivity contribution in [1.82, 2.24) is 10.2 Å². The van der Waals surface area contributed by atoms with E-state index in [0.717, 1.165) is 10.9 Å². The Kier molecular flexibility index (Phi) is 3.63. The Morgan fingerprint density at radius 2 is 2.10 bits per heavy atom. The summed E-state index contributed by atoms with van der Waals surface area (Å²) in [6.45, 7) is 0.185. The fraction of sp³-hybridized carbons (Fsp3) is 0.154. The van der Waals surface area contributed by atoms with Crippen LogP contribution in [0.4, 0.5) is 0 Å². The highest BCUT2D eigenvalue weighted by Crippen LogP contribution is 2.27. The molecule has 0 unspecified atom stereocenters. The summed E-state index contributed by atoms with van der Waals surface area (Å²) >= 11 is 1.30. The third-order valence-corrected chi connectivity index (χ3v) is 3.66. The van der Waals surface area contributed by atoms with Crippen LogP contribution in [0.2, 0.25) is 0 Å². The molecule has 0 aliphatic carbocycles. The van der Waals surface area contributed by atoms with Crippen molar-refractivity contribution in [3.05, 3.63) is 46.1 Å². The molecule has 3 N–H and O–H groups in total. The molecule has 7 nitrogen and oxygen atoms in total. The molecule has 8 heteroatoms. The van der Waals surface area contributed by atoms with Gasteiger partial charge in [-0.05, 0) is 17.7 Å². The third kappa shape index (κ3) is 2.91. The first-order valence-electron chi connectivity index (χ1n) is 6.06. The summed E-state index contributed by atoms with van der Waals surface area (Å²) < 4.78 is 10.4. The van der Waals surface area contributed by atoms with Gasteiger partial charge in [0.05, 0.1) is 6.54 Å². The van der Waals surface area contributed by atoms with Crippen molar-refractivity contribution in [2.75, 3.05) is 0 Å². The Morgan fingerprint density at radius 3 is 2.86 bits per heavy atom. The maximum absolute atomic E-state index is 11.6. The lowest BCUT2D eigenvalue weighted by Crippen LogP contribution is -1.99. The van der Waals surface area contributed by atoms with E-state index in [4.69, 9.17) is 14.6 Å². The monoisotopic (exact) mass is 305 g/mol. The molecule has 3 rings (SSSR count). The first-order valence-corrected chi connectivity index (χ1v) is 7.05. The van der Waals surface area contributed by atoms with Crippen molar-refractivity contribution in [1.29, 1.82) is 0 Å². The van der Waals surface area contributed by atoms with Crippen molar-refractivity contribution in [2.45, 2.75) is 17.5 Å². The Morgan fingerprint density at radius 1 is 1.24 bits per heavy atom. The zero-order valence-electron chi connectivity index (χ0n) is 10.8. The van der Waals surface area contributed by atoms with Crippen LogP contribution in [0, 0.1) is 0 Å². The first kappa shape index (κ1) is 13.7. The molecule has 3 aromatic rings. The zero-order chi connectivity index (χ0) is 14.8. The number of benzene rings is 1. The van der Waals surface area contributed by atoms with Gasteiger partial charge in [-0.3, -0.25) is 0 Å². The van der Waals surface area contributed by atoms with E-state index in [2.05, 4.69) is 10.2 Å². The highest BCUT2D eigenvalue weighted by Gasteiger charge is 2.10. The molecule has 0 saturated heterocycles. The minimum absolute atomic E-state index is 0.0416. The number of nitrogens with zero attached hydrogens (tertiary/aromatic N) is 2. The highest BCUT2D eigenvalue weighted by molar-refractivity contribution is 7.98. The number of phenols is 1. The average Bonchev–Trinajstić information content (AvgIpc) is 2.92. The number of aromatic nitrogens is 2. The predicted octanol–water partition coefficient (Wildman–Crippen LogP) is 1.63. The van der Waals surface area contributed by atoms with Crippen molar-refractivity contribution >= 4 is 22.7 Å². The molecule has 1 aromatic carbocycles. The Labute approximate surface area is 122 Å². The number of hydrogen-bond acceptors (Lipinski definition) is 8. The van der Waals surface area contributed by atoms with Gasteiger partial charge in [0.15, 0.2) is 0 Å². The molecule has 0 spiro atoms. The summed E-state index contributed by atoms with van der Waals surface area (Å²) in [7, 11) is 0. The smallest absolute Gasteiger partial charge is 0.336 e. The first-order chi connectivity index (χ1) is 10.2.